The van der Waals surface area contributed by atoms with Crippen molar-refractivity contribution in [2.45, 2.75) is 25.4 Å². The zero-order chi connectivity index (χ0) is 18.7. The van der Waals surface area contributed by atoms with Crippen LogP contribution in [-0.2, 0) is 9.53 Å². The van der Waals surface area contributed by atoms with E-state index in [-0.39, 0.29) is 35.8 Å². The van der Waals surface area contributed by atoms with E-state index in [9.17, 15) is 14.3 Å². The lowest BCUT2D eigenvalue weighted by molar-refractivity contribution is -0.137. The van der Waals surface area contributed by atoms with Gasteiger partial charge in [-0.3, -0.25) is 4.90 Å². The third-order valence-corrected chi connectivity index (χ3v) is 4.94. The fourth-order valence-electron chi connectivity index (χ4n) is 3.46. The second-order valence-corrected chi connectivity index (χ2v) is 6.45. The van der Waals surface area contributed by atoms with Crippen LogP contribution >= 0.6 is 0 Å². The van der Waals surface area contributed by atoms with Gasteiger partial charge in [0.1, 0.15) is 11.6 Å². The third kappa shape index (κ3) is 3.63. The van der Waals surface area contributed by atoms with Gasteiger partial charge >= 0.3 is 5.97 Å². The topological polar surface area (TPSA) is 49.8 Å². The first-order chi connectivity index (χ1) is 12.5. The number of halogens is 1. The van der Waals surface area contributed by atoms with E-state index in [4.69, 9.17) is 4.74 Å². The molecule has 0 saturated heterocycles. The minimum Gasteiger partial charge on any atom is -0.510 e. The van der Waals surface area contributed by atoms with Crippen molar-refractivity contribution in [3.8, 4) is 0 Å². The van der Waals surface area contributed by atoms with Crippen LogP contribution in [0.15, 0.2) is 65.9 Å². The molecule has 1 aliphatic heterocycles. The first-order valence-corrected chi connectivity index (χ1v) is 8.56. The van der Waals surface area contributed by atoms with Gasteiger partial charge in [0.15, 0.2) is 0 Å². The predicted octanol–water partition coefficient (Wildman–Crippen LogP) is 4.32. The molecule has 0 amide bonds. The number of aliphatic hydroxyl groups is 1. The molecule has 1 heterocycles. The molecule has 4 nitrogen and oxygen atoms in total. The molecule has 26 heavy (non-hydrogen) atoms. The molecule has 2 aromatic rings. The van der Waals surface area contributed by atoms with Gasteiger partial charge < -0.3 is 9.84 Å². The van der Waals surface area contributed by atoms with Gasteiger partial charge in [-0.2, -0.15) is 0 Å². The second-order valence-electron chi connectivity index (χ2n) is 6.45. The Kier molecular flexibility index (Phi) is 5.38. The highest BCUT2D eigenvalue weighted by molar-refractivity contribution is 5.89. The number of carbonyl (C=O) groups is 1. The Hall–Kier alpha value is -2.66. The number of carbonyl (C=O) groups excluding carboxylic acids is 1. The summed E-state index contributed by atoms with van der Waals surface area (Å²) in [6, 6.07) is 16.1. The van der Waals surface area contributed by atoms with E-state index in [1.54, 1.807) is 12.1 Å². The van der Waals surface area contributed by atoms with Crippen LogP contribution in [0.1, 0.15) is 36.6 Å². The Morgan fingerprint density at radius 3 is 2.46 bits per heavy atom. The minimum absolute atomic E-state index is 0.00704. The summed E-state index contributed by atoms with van der Waals surface area (Å²) < 4.78 is 18.2. The first kappa shape index (κ1) is 18.1. The van der Waals surface area contributed by atoms with Crippen molar-refractivity contribution in [3.63, 3.8) is 0 Å². The average molecular weight is 355 g/mol. The number of benzene rings is 2. The molecule has 5 heteroatoms. The van der Waals surface area contributed by atoms with E-state index < -0.39 is 5.97 Å². The van der Waals surface area contributed by atoms with Crippen LogP contribution in [0.25, 0.3) is 0 Å². The molecule has 1 N–H and O–H groups in total. The molecule has 1 aliphatic rings. The van der Waals surface area contributed by atoms with Gasteiger partial charge in [-0.05, 0) is 30.2 Å². The van der Waals surface area contributed by atoms with Crippen LogP contribution in [0, 0.1) is 5.82 Å². The lowest BCUT2D eigenvalue weighted by atomic mass is 9.90. The highest BCUT2D eigenvalue weighted by atomic mass is 19.1. The van der Waals surface area contributed by atoms with Crippen molar-refractivity contribution in [2.24, 2.45) is 0 Å². The average Bonchev–Trinajstić information content (AvgIpc) is 2.68. The number of esters is 1. The molecule has 0 aromatic heterocycles. The molecule has 3 rings (SSSR count). The molecule has 0 spiro atoms. The van der Waals surface area contributed by atoms with Crippen molar-refractivity contribution < 1.29 is 19.0 Å². The molecule has 0 aliphatic carbocycles. The fraction of sp³-hybridized carbons (Fsp3) is 0.286. The zero-order valence-corrected chi connectivity index (χ0v) is 14.9. The summed E-state index contributed by atoms with van der Waals surface area (Å²) in [4.78, 5) is 14.2. The Balaban J connectivity index is 2.00. The summed E-state index contributed by atoms with van der Waals surface area (Å²) in [7, 11) is 1.30. The van der Waals surface area contributed by atoms with Gasteiger partial charge in [0, 0.05) is 18.5 Å². The first-order valence-electron chi connectivity index (χ1n) is 8.56. The summed E-state index contributed by atoms with van der Waals surface area (Å²) in [5.41, 5.74) is 2.27. The van der Waals surface area contributed by atoms with E-state index in [0.717, 1.165) is 11.1 Å². The van der Waals surface area contributed by atoms with Crippen molar-refractivity contribution in [2.75, 3.05) is 13.7 Å². The number of rotatable bonds is 4. The number of methoxy groups -OCH3 is 1. The van der Waals surface area contributed by atoms with Crippen molar-refractivity contribution in [1.82, 2.24) is 4.90 Å². The van der Waals surface area contributed by atoms with Crippen LogP contribution in [0.5, 0.6) is 0 Å². The maximum Gasteiger partial charge on any atom is 0.337 e. The monoisotopic (exact) mass is 355 g/mol. The fourth-order valence-corrected chi connectivity index (χ4v) is 3.46. The summed E-state index contributed by atoms with van der Waals surface area (Å²) in [6.07, 6.45) is 0.307. The smallest absolute Gasteiger partial charge is 0.337 e. The minimum atomic E-state index is -0.526. The lowest BCUT2D eigenvalue weighted by Gasteiger charge is -2.40. The Labute approximate surface area is 152 Å². The normalized spacial score (nSPS) is 19.3. The Bertz CT molecular complexity index is 802. The SMILES string of the molecule is COC(=O)C1=C(O)CN(C(C)c2ccccc2)C(c2ccc(F)cc2)C1. The van der Waals surface area contributed by atoms with Crippen LogP contribution in [0.2, 0.25) is 0 Å². The third-order valence-electron chi connectivity index (χ3n) is 4.94. The maximum absolute atomic E-state index is 13.4. The molecular weight excluding hydrogens is 333 g/mol. The van der Waals surface area contributed by atoms with Crippen molar-refractivity contribution in [1.29, 1.82) is 0 Å². The van der Waals surface area contributed by atoms with Gasteiger partial charge in [0.25, 0.3) is 0 Å². The maximum atomic E-state index is 13.4. The van der Waals surface area contributed by atoms with Crippen LogP contribution < -0.4 is 0 Å². The van der Waals surface area contributed by atoms with Crippen molar-refractivity contribution >= 4 is 5.97 Å². The van der Waals surface area contributed by atoms with Crippen LogP contribution in [0.4, 0.5) is 4.39 Å². The Morgan fingerprint density at radius 1 is 1.19 bits per heavy atom. The molecule has 2 unspecified atom stereocenters. The summed E-state index contributed by atoms with van der Waals surface area (Å²) >= 11 is 0. The van der Waals surface area contributed by atoms with Crippen LogP contribution in [0.3, 0.4) is 0 Å². The number of nitrogens with zero attached hydrogens (tertiary/aromatic N) is 1. The van der Waals surface area contributed by atoms with E-state index >= 15 is 0 Å². The van der Waals surface area contributed by atoms with E-state index in [1.165, 1.54) is 19.2 Å². The predicted molar refractivity (Wildman–Crippen MR) is 97.0 cm³/mol. The molecule has 2 atom stereocenters. The van der Waals surface area contributed by atoms with Crippen molar-refractivity contribution in [3.05, 3.63) is 82.9 Å². The second kappa shape index (κ2) is 7.70. The molecular formula is C21H22FNO3. The number of aliphatic hydroxyl groups excluding tert-OH is 1. The zero-order valence-electron chi connectivity index (χ0n) is 14.9. The number of ether oxygens (including phenoxy) is 1. The van der Waals surface area contributed by atoms with Gasteiger partial charge in [-0.25, -0.2) is 9.18 Å². The lowest BCUT2D eigenvalue weighted by Crippen LogP contribution is -2.38. The summed E-state index contributed by atoms with van der Waals surface area (Å²) in [6.45, 7) is 2.28. The van der Waals surface area contributed by atoms with Gasteiger partial charge in [-0.1, -0.05) is 42.5 Å². The molecule has 136 valence electrons. The van der Waals surface area contributed by atoms with E-state index in [1.807, 2.05) is 30.3 Å². The van der Waals surface area contributed by atoms with Gasteiger partial charge in [0.05, 0.1) is 19.2 Å². The van der Waals surface area contributed by atoms with Gasteiger partial charge in [-0.15, -0.1) is 0 Å². The molecule has 0 bridgehead atoms. The van der Waals surface area contributed by atoms with Crippen LogP contribution in [-0.4, -0.2) is 29.6 Å². The van der Waals surface area contributed by atoms with E-state index in [2.05, 4.69) is 11.8 Å². The highest BCUT2D eigenvalue weighted by Crippen LogP contribution is 2.39. The molecule has 0 fully saturated rings. The molecule has 0 radical (unpaired) electrons. The molecule has 0 saturated carbocycles. The molecule has 2 aromatic carbocycles. The largest absolute Gasteiger partial charge is 0.510 e. The summed E-state index contributed by atoms with van der Waals surface area (Å²) in [5.74, 6) is -0.807. The highest BCUT2D eigenvalue weighted by Gasteiger charge is 2.35. The quantitative estimate of drug-likeness (QED) is 0.830. The van der Waals surface area contributed by atoms with Gasteiger partial charge in [0.2, 0.25) is 0 Å². The van der Waals surface area contributed by atoms with E-state index in [0.29, 0.717) is 6.42 Å². The number of hydrogen-bond acceptors (Lipinski definition) is 4. The standard InChI is InChI=1S/C21H22FNO3/c1-14(15-6-4-3-5-7-15)23-13-20(24)18(21(25)26-2)12-19(23)16-8-10-17(22)11-9-16/h3-11,14,19,24H,12-13H2,1-2H3. The Morgan fingerprint density at radius 2 is 1.85 bits per heavy atom. The number of hydrogen-bond donors (Lipinski definition) is 1. The summed E-state index contributed by atoms with van der Waals surface area (Å²) in [5, 5.41) is 10.4.